The molecule has 2 heteroatoms. The molecule has 0 bridgehead atoms. The Morgan fingerprint density at radius 1 is 1.27 bits per heavy atom. The molecule has 0 heterocycles. The molecule has 1 aromatic carbocycles. The van der Waals surface area contributed by atoms with Crippen LogP contribution in [0.1, 0.15) is 18.7 Å². The second-order valence-electron chi connectivity index (χ2n) is 2.60. The summed E-state index contributed by atoms with van der Waals surface area (Å²) in [6.07, 6.45) is 0.770. The van der Waals surface area contributed by atoms with E-state index in [2.05, 4.69) is 0 Å². The first-order valence-corrected chi connectivity index (χ1v) is 3.46. The lowest BCUT2D eigenvalue weighted by atomic mass is 10.1. The Morgan fingerprint density at radius 3 is 2.73 bits per heavy atom. The molecule has 11 heavy (non-hydrogen) atoms. The third kappa shape index (κ3) is 0.835. The maximum Gasteiger partial charge on any atom is 0.136 e. The van der Waals surface area contributed by atoms with Gasteiger partial charge >= 0.3 is 0 Å². The van der Waals surface area contributed by atoms with Crippen LogP contribution in [0.3, 0.4) is 0 Å². The van der Waals surface area contributed by atoms with E-state index < -0.39 is 6.10 Å². The third-order valence-electron chi connectivity index (χ3n) is 1.87. The minimum Gasteiger partial charge on any atom is -0.509 e. The van der Waals surface area contributed by atoms with E-state index in [1.165, 1.54) is 0 Å². The lowest BCUT2D eigenvalue weighted by molar-refractivity contribution is 0.162. The van der Waals surface area contributed by atoms with Gasteiger partial charge in [-0.15, -0.1) is 0 Å². The Balaban J connectivity index is 0.000000720. The predicted molar refractivity (Wildman–Crippen MR) is 44.1 cm³/mol. The van der Waals surface area contributed by atoms with Crippen molar-refractivity contribution in [1.82, 2.24) is 0 Å². The minimum atomic E-state index is -0.814. The molecule has 1 aliphatic carbocycles. The molecule has 0 amide bonds. The number of fused-ring (bicyclic) bond motifs is 1. The van der Waals surface area contributed by atoms with Gasteiger partial charge in [-0.2, -0.15) is 0 Å². The Kier molecular flexibility index (Phi) is 1.23. The van der Waals surface area contributed by atoms with Crippen LogP contribution in [0, 0.1) is 0 Å². The van der Waals surface area contributed by atoms with Gasteiger partial charge in [0.2, 0.25) is 0 Å². The van der Waals surface area contributed by atoms with Crippen molar-refractivity contribution < 1.29 is 11.6 Å². The highest BCUT2D eigenvalue weighted by Gasteiger charge is 2.21. The van der Waals surface area contributed by atoms with Crippen LogP contribution in [-0.2, 0) is 0 Å². The van der Waals surface area contributed by atoms with Gasteiger partial charge in [-0.25, -0.2) is 0 Å². The van der Waals surface area contributed by atoms with Crippen LogP contribution in [0.4, 0.5) is 0 Å². The van der Waals surface area contributed by atoms with E-state index in [0.29, 0.717) is 0 Å². The summed E-state index contributed by atoms with van der Waals surface area (Å²) in [6.45, 7) is 0. The van der Waals surface area contributed by atoms with E-state index in [1.54, 1.807) is 12.1 Å². The number of hydrogen-bond donors (Lipinski definition) is 2. The molecule has 0 radical (unpaired) electrons. The molecule has 2 N–H and O–H groups in total. The molecule has 2 nitrogen and oxygen atoms in total. The van der Waals surface area contributed by atoms with E-state index in [1.807, 2.05) is 18.2 Å². The highest BCUT2D eigenvalue weighted by Crippen LogP contribution is 2.31. The summed E-state index contributed by atoms with van der Waals surface area (Å²) in [5.74, 6) is 0.0335. The summed E-state index contributed by atoms with van der Waals surface area (Å²) in [4.78, 5) is 0. The van der Waals surface area contributed by atoms with Crippen molar-refractivity contribution in [2.75, 3.05) is 0 Å². The van der Waals surface area contributed by atoms with Crippen molar-refractivity contribution in [1.29, 1.82) is 0 Å². The Labute approximate surface area is 65.9 Å². The second kappa shape index (κ2) is 2.10. The summed E-state index contributed by atoms with van der Waals surface area (Å²) in [5, 5.41) is 18.5. The quantitative estimate of drug-likeness (QED) is 0.592. The molecular weight excluding hydrogens is 140 g/mol. The fourth-order valence-corrected chi connectivity index (χ4v) is 1.29. The maximum absolute atomic E-state index is 9.33. The molecule has 2 rings (SSSR count). The molecule has 0 aromatic heterocycles. The fraction of sp³-hybridized carbons (Fsp3) is 0.111. The first kappa shape index (κ1) is 6.43. The Morgan fingerprint density at radius 2 is 2.00 bits per heavy atom. The van der Waals surface area contributed by atoms with E-state index in [0.717, 1.165) is 11.1 Å². The molecule has 1 aromatic rings. The van der Waals surface area contributed by atoms with Crippen molar-refractivity contribution in [2.24, 2.45) is 0 Å². The molecule has 1 unspecified atom stereocenters. The van der Waals surface area contributed by atoms with Gasteiger partial charge in [0.25, 0.3) is 0 Å². The highest BCUT2D eigenvalue weighted by molar-refractivity contribution is 5.63. The first-order valence-electron chi connectivity index (χ1n) is 3.46. The smallest absolute Gasteiger partial charge is 0.136 e. The fourth-order valence-electron chi connectivity index (χ4n) is 1.29. The van der Waals surface area contributed by atoms with Crippen LogP contribution in [-0.4, -0.2) is 10.2 Å². The van der Waals surface area contributed by atoms with Crippen LogP contribution in [0.15, 0.2) is 30.0 Å². The van der Waals surface area contributed by atoms with Crippen LogP contribution < -0.4 is 0 Å². The van der Waals surface area contributed by atoms with Gasteiger partial charge in [0.15, 0.2) is 0 Å². The zero-order valence-electron chi connectivity index (χ0n) is 5.86. The maximum atomic E-state index is 9.33. The number of rotatable bonds is 0. The van der Waals surface area contributed by atoms with Crippen LogP contribution in [0.5, 0.6) is 0 Å². The Hall–Kier alpha value is -1.28. The lowest BCUT2D eigenvalue weighted by Gasteiger charge is -2.03. The molecule has 1 atom stereocenters. The molecule has 1 aliphatic rings. The van der Waals surface area contributed by atoms with Crippen molar-refractivity contribution in [3.63, 3.8) is 0 Å². The predicted octanol–water partition coefficient (Wildman–Crippen LogP) is 1.88. The molecule has 0 saturated heterocycles. The number of hydrogen-bond acceptors (Lipinski definition) is 2. The van der Waals surface area contributed by atoms with Gasteiger partial charge in [-0.1, -0.05) is 24.3 Å². The van der Waals surface area contributed by atoms with Crippen molar-refractivity contribution in [2.45, 2.75) is 6.10 Å². The SMILES string of the molecule is OC1=Cc2ccccc2C1O.[HH]. The molecular formula is C9H10O2. The zero-order valence-corrected chi connectivity index (χ0v) is 5.86. The van der Waals surface area contributed by atoms with Crippen molar-refractivity contribution in [3.8, 4) is 0 Å². The van der Waals surface area contributed by atoms with Crippen LogP contribution in [0.2, 0.25) is 0 Å². The zero-order chi connectivity index (χ0) is 7.84. The van der Waals surface area contributed by atoms with Gasteiger partial charge in [0.1, 0.15) is 11.9 Å². The summed E-state index contributed by atoms with van der Waals surface area (Å²) < 4.78 is 0. The van der Waals surface area contributed by atoms with Gasteiger partial charge in [0.05, 0.1) is 0 Å². The summed E-state index contributed by atoms with van der Waals surface area (Å²) >= 11 is 0. The van der Waals surface area contributed by atoms with Gasteiger partial charge in [0, 0.05) is 1.43 Å². The van der Waals surface area contributed by atoms with E-state index >= 15 is 0 Å². The molecule has 0 aliphatic heterocycles. The molecule has 0 fully saturated rings. The topological polar surface area (TPSA) is 40.5 Å². The van der Waals surface area contributed by atoms with Gasteiger partial charge in [-0.05, 0) is 17.2 Å². The largest absolute Gasteiger partial charge is 0.509 e. The lowest BCUT2D eigenvalue weighted by Crippen LogP contribution is -1.94. The average Bonchev–Trinajstić information content (AvgIpc) is 2.30. The summed E-state index contributed by atoms with van der Waals surface area (Å²) in [6, 6.07) is 7.39. The van der Waals surface area contributed by atoms with Crippen LogP contribution >= 0.6 is 0 Å². The summed E-state index contributed by atoms with van der Waals surface area (Å²) in [7, 11) is 0. The number of aliphatic hydroxyl groups excluding tert-OH is 2. The summed E-state index contributed by atoms with van der Waals surface area (Å²) in [5.41, 5.74) is 1.68. The van der Waals surface area contributed by atoms with E-state index in [4.69, 9.17) is 5.11 Å². The Bertz CT molecular complexity index is 320. The monoisotopic (exact) mass is 150 g/mol. The standard InChI is InChI=1S/C9H8O2.H2/c10-8-5-6-3-1-2-4-7(6)9(8)11;/h1-5,9-11H;1H. The van der Waals surface area contributed by atoms with Crippen LogP contribution in [0.25, 0.3) is 6.08 Å². The molecule has 0 saturated carbocycles. The number of aliphatic hydroxyl groups is 2. The minimum absolute atomic E-state index is 0. The third-order valence-corrected chi connectivity index (χ3v) is 1.87. The van der Waals surface area contributed by atoms with Crippen molar-refractivity contribution in [3.05, 3.63) is 41.2 Å². The highest BCUT2D eigenvalue weighted by atomic mass is 16.3. The van der Waals surface area contributed by atoms with Gasteiger partial charge < -0.3 is 10.2 Å². The number of benzene rings is 1. The van der Waals surface area contributed by atoms with Crippen molar-refractivity contribution >= 4 is 6.08 Å². The second-order valence-corrected chi connectivity index (χ2v) is 2.60. The normalized spacial score (nSPS) is 21.2. The van der Waals surface area contributed by atoms with E-state index in [9.17, 15) is 5.11 Å². The van der Waals surface area contributed by atoms with Gasteiger partial charge in [-0.3, -0.25) is 0 Å². The molecule has 58 valence electrons. The molecule has 0 spiro atoms. The first-order chi connectivity index (χ1) is 5.29. The van der Waals surface area contributed by atoms with E-state index in [-0.39, 0.29) is 7.19 Å². The average molecular weight is 150 g/mol.